The lowest BCUT2D eigenvalue weighted by Gasteiger charge is -2.20. The summed E-state index contributed by atoms with van der Waals surface area (Å²) in [5.41, 5.74) is 0.487. The van der Waals surface area contributed by atoms with Gasteiger partial charge >= 0.3 is 0 Å². The molecule has 0 aliphatic carbocycles. The van der Waals surface area contributed by atoms with E-state index in [1.165, 1.54) is 12.4 Å². The Morgan fingerprint density at radius 3 is 2.45 bits per heavy atom. The summed E-state index contributed by atoms with van der Waals surface area (Å²) in [6.45, 7) is 6.03. The van der Waals surface area contributed by atoms with Gasteiger partial charge in [0.05, 0.1) is 23.1 Å². The van der Waals surface area contributed by atoms with Crippen LogP contribution in [0, 0.1) is 0 Å². The molecule has 2 rings (SSSR count). The number of anilines is 2. The molecule has 1 aromatic heterocycles. The SMILES string of the molecule is CC(C)(C)Nc1cnc(C(=O)Nc2cc(Cl)ccc2Cl)cn1. The molecular weight excluding hydrogens is 323 g/mol. The smallest absolute Gasteiger partial charge is 0.275 e. The van der Waals surface area contributed by atoms with Crippen molar-refractivity contribution in [1.29, 1.82) is 0 Å². The molecule has 0 bridgehead atoms. The molecule has 0 atom stereocenters. The van der Waals surface area contributed by atoms with Gasteiger partial charge in [-0.1, -0.05) is 23.2 Å². The number of nitrogens with zero attached hydrogens (tertiary/aromatic N) is 2. The molecule has 0 aliphatic rings. The summed E-state index contributed by atoms with van der Waals surface area (Å²) < 4.78 is 0. The van der Waals surface area contributed by atoms with Crippen molar-refractivity contribution in [3.8, 4) is 0 Å². The van der Waals surface area contributed by atoms with Crippen LogP contribution < -0.4 is 10.6 Å². The molecule has 2 N–H and O–H groups in total. The third-order valence-corrected chi connectivity index (χ3v) is 3.13. The van der Waals surface area contributed by atoms with Crippen LogP contribution >= 0.6 is 23.2 Å². The van der Waals surface area contributed by atoms with Crippen molar-refractivity contribution in [2.45, 2.75) is 26.3 Å². The Morgan fingerprint density at radius 2 is 1.86 bits per heavy atom. The largest absolute Gasteiger partial charge is 0.364 e. The zero-order valence-corrected chi connectivity index (χ0v) is 14.0. The predicted molar refractivity (Wildman–Crippen MR) is 89.8 cm³/mol. The molecule has 1 aromatic carbocycles. The summed E-state index contributed by atoms with van der Waals surface area (Å²) in [6.07, 6.45) is 2.92. The second kappa shape index (κ2) is 6.50. The van der Waals surface area contributed by atoms with E-state index in [0.29, 0.717) is 21.6 Å². The molecule has 1 heterocycles. The van der Waals surface area contributed by atoms with Crippen LogP contribution in [0.3, 0.4) is 0 Å². The minimum Gasteiger partial charge on any atom is -0.364 e. The van der Waals surface area contributed by atoms with Crippen LogP contribution in [0.4, 0.5) is 11.5 Å². The summed E-state index contributed by atoms with van der Waals surface area (Å²) >= 11 is 11.9. The Bertz CT molecular complexity index is 681. The lowest BCUT2D eigenvalue weighted by atomic mass is 10.1. The first-order chi connectivity index (χ1) is 10.2. The van der Waals surface area contributed by atoms with Gasteiger partial charge < -0.3 is 10.6 Å². The van der Waals surface area contributed by atoms with Crippen LogP contribution in [0.1, 0.15) is 31.3 Å². The highest BCUT2D eigenvalue weighted by Crippen LogP contribution is 2.25. The zero-order valence-electron chi connectivity index (χ0n) is 12.4. The van der Waals surface area contributed by atoms with E-state index in [1.54, 1.807) is 18.2 Å². The van der Waals surface area contributed by atoms with E-state index in [1.807, 2.05) is 20.8 Å². The maximum absolute atomic E-state index is 12.1. The first-order valence-electron chi connectivity index (χ1n) is 6.61. The summed E-state index contributed by atoms with van der Waals surface area (Å²) in [6, 6.07) is 4.83. The van der Waals surface area contributed by atoms with Crippen molar-refractivity contribution in [3.05, 3.63) is 46.3 Å². The Labute approximate surface area is 139 Å². The fourth-order valence-electron chi connectivity index (χ4n) is 1.67. The second-order valence-electron chi connectivity index (χ2n) is 5.74. The lowest BCUT2D eigenvalue weighted by Crippen LogP contribution is -2.27. The van der Waals surface area contributed by atoms with Gasteiger partial charge in [0.1, 0.15) is 11.5 Å². The number of rotatable bonds is 3. The fourth-order valence-corrected chi connectivity index (χ4v) is 2.01. The molecule has 5 nitrogen and oxygen atoms in total. The van der Waals surface area contributed by atoms with Crippen LogP contribution in [0.2, 0.25) is 10.0 Å². The molecule has 0 radical (unpaired) electrons. The monoisotopic (exact) mass is 338 g/mol. The van der Waals surface area contributed by atoms with Gasteiger partial charge in [-0.05, 0) is 39.0 Å². The van der Waals surface area contributed by atoms with E-state index in [9.17, 15) is 4.79 Å². The Morgan fingerprint density at radius 1 is 1.14 bits per heavy atom. The number of carbonyl (C=O) groups is 1. The van der Waals surface area contributed by atoms with E-state index in [-0.39, 0.29) is 11.2 Å². The topological polar surface area (TPSA) is 66.9 Å². The molecule has 2 aromatic rings. The number of aromatic nitrogens is 2. The molecule has 0 spiro atoms. The molecule has 0 saturated heterocycles. The normalized spacial score (nSPS) is 11.1. The van der Waals surface area contributed by atoms with Gasteiger partial charge in [0.15, 0.2) is 0 Å². The highest BCUT2D eigenvalue weighted by atomic mass is 35.5. The number of benzene rings is 1. The molecule has 22 heavy (non-hydrogen) atoms. The van der Waals surface area contributed by atoms with Crippen molar-refractivity contribution in [1.82, 2.24) is 9.97 Å². The van der Waals surface area contributed by atoms with Crippen molar-refractivity contribution in [2.24, 2.45) is 0 Å². The summed E-state index contributed by atoms with van der Waals surface area (Å²) in [4.78, 5) is 20.4. The summed E-state index contributed by atoms with van der Waals surface area (Å²) in [7, 11) is 0. The van der Waals surface area contributed by atoms with Crippen LogP contribution in [0.25, 0.3) is 0 Å². The zero-order chi connectivity index (χ0) is 16.3. The molecule has 1 amide bonds. The van der Waals surface area contributed by atoms with Gasteiger partial charge in [-0.25, -0.2) is 9.97 Å². The Hall–Kier alpha value is -1.85. The molecule has 0 saturated carbocycles. The molecule has 0 aliphatic heterocycles. The van der Waals surface area contributed by atoms with E-state index in [0.717, 1.165) is 0 Å². The molecular formula is C15H16Cl2N4O. The van der Waals surface area contributed by atoms with E-state index in [2.05, 4.69) is 20.6 Å². The van der Waals surface area contributed by atoms with Crippen molar-refractivity contribution >= 4 is 40.6 Å². The number of nitrogens with one attached hydrogen (secondary N) is 2. The van der Waals surface area contributed by atoms with Crippen LogP contribution in [0.5, 0.6) is 0 Å². The van der Waals surface area contributed by atoms with Gasteiger partial charge in [-0.3, -0.25) is 4.79 Å². The van der Waals surface area contributed by atoms with Crippen molar-refractivity contribution < 1.29 is 4.79 Å². The minimum atomic E-state index is -0.404. The van der Waals surface area contributed by atoms with Gasteiger partial charge in [-0.15, -0.1) is 0 Å². The van der Waals surface area contributed by atoms with Gasteiger partial charge in [0, 0.05) is 10.6 Å². The van der Waals surface area contributed by atoms with E-state index in [4.69, 9.17) is 23.2 Å². The molecule has 0 fully saturated rings. The fraction of sp³-hybridized carbons (Fsp3) is 0.267. The molecule has 7 heteroatoms. The first-order valence-corrected chi connectivity index (χ1v) is 7.37. The van der Waals surface area contributed by atoms with E-state index < -0.39 is 5.91 Å². The number of hydrogen-bond acceptors (Lipinski definition) is 4. The quantitative estimate of drug-likeness (QED) is 0.877. The maximum atomic E-state index is 12.1. The summed E-state index contributed by atoms with van der Waals surface area (Å²) in [5, 5.41) is 6.71. The lowest BCUT2D eigenvalue weighted by molar-refractivity contribution is 0.102. The van der Waals surface area contributed by atoms with E-state index >= 15 is 0 Å². The highest BCUT2D eigenvalue weighted by molar-refractivity contribution is 6.35. The van der Waals surface area contributed by atoms with Crippen molar-refractivity contribution in [2.75, 3.05) is 10.6 Å². The second-order valence-corrected chi connectivity index (χ2v) is 6.58. The minimum absolute atomic E-state index is 0.132. The first kappa shape index (κ1) is 16.5. The number of halogens is 2. The molecule has 116 valence electrons. The average molecular weight is 339 g/mol. The van der Waals surface area contributed by atoms with Crippen LogP contribution in [0.15, 0.2) is 30.6 Å². The number of hydrogen-bond donors (Lipinski definition) is 2. The van der Waals surface area contributed by atoms with Gasteiger partial charge in [-0.2, -0.15) is 0 Å². The summed E-state index contributed by atoms with van der Waals surface area (Å²) in [5.74, 6) is 0.198. The maximum Gasteiger partial charge on any atom is 0.275 e. The highest BCUT2D eigenvalue weighted by Gasteiger charge is 2.13. The number of carbonyl (C=O) groups excluding carboxylic acids is 1. The van der Waals surface area contributed by atoms with Crippen LogP contribution in [-0.4, -0.2) is 21.4 Å². The third-order valence-electron chi connectivity index (χ3n) is 2.56. The van der Waals surface area contributed by atoms with Gasteiger partial charge in [0.25, 0.3) is 5.91 Å². The average Bonchev–Trinajstić information content (AvgIpc) is 2.42. The number of amides is 1. The van der Waals surface area contributed by atoms with Crippen molar-refractivity contribution in [3.63, 3.8) is 0 Å². The van der Waals surface area contributed by atoms with Gasteiger partial charge in [0.2, 0.25) is 0 Å². The predicted octanol–water partition coefficient (Wildman–Crippen LogP) is 4.25. The standard InChI is InChI=1S/C15H16Cl2N4O/c1-15(2,3)21-13-8-18-12(7-19-13)14(22)20-11-6-9(16)4-5-10(11)17/h4-8H,1-3H3,(H,19,21)(H,20,22). The van der Waals surface area contributed by atoms with Crippen LogP contribution in [-0.2, 0) is 0 Å². The molecule has 0 unspecified atom stereocenters. The Kier molecular flexibility index (Phi) is 4.88. The third kappa shape index (κ3) is 4.58. The Balaban J connectivity index is 2.11.